The SMILES string of the molecule is CC(C)(C(NC(=O)c1ccc(C#CC#CC2CCC(CO)C2)cc1)C(=O)NO)S(C)(=O)=O. The Morgan fingerprint density at radius 2 is 1.84 bits per heavy atom. The molecular formula is C23H28N2O6S. The molecule has 1 aromatic rings. The van der Waals surface area contributed by atoms with E-state index >= 15 is 0 Å². The summed E-state index contributed by atoms with van der Waals surface area (Å²) in [6, 6.07) is 4.72. The van der Waals surface area contributed by atoms with Gasteiger partial charge in [-0.2, -0.15) is 0 Å². The lowest BCUT2D eigenvalue weighted by Gasteiger charge is -2.31. The molecule has 0 saturated heterocycles. The van der Waals surface area contributed by atoms with Gasteiger partial charge in [-0.05, 0) is 75.1 Å². The van der Waals surface area contributed by atoms with E-state index in [1.54, 1.807) is 12.1 Å². The van der Waals surface area contributed by atoms with E-state index in [1.165, 1.54) is 31.5 Å². The van der Waals surface area contributed by atoms with E-state index in [1.807, 2.05) is 0 Å². The zero-order valence-corrected chi connectivity index (χ0v) is 19.1. The maximum atomic E-state index is 12.6. The highest BCUT2D eigenvalue weighted by atomic mass is 32.2. The third kappa shape index (κ3) is 6.33. The average Bonchev–Trinajstić information content (AvgIpc) is 3.22. The molecule has 3 unspecified atom stereocenters. The molecular weight excluding hydrogens is 432 g/mol. The van der Waals surface area contributed by atoms with Crippen LogP contribution in [0.3, 0.4) is 0 Å². The Labute approximate surface area is 188 Å². The molecule has 4 N–H and O–H groups in total. The molecule has 32 heavy (non-hydrogen) atoms. The molecule has 0 aromatic heterocycles. The number of aliphatic hydroxyl groups excluding tert-OH is 1. The summed E-state index contributed by atoms with van der Waals surface area (Å²) in [5.74, 6) is 10.5. The van der Waals surface area contributed by atoms with Crippen molar-refractivity contribution in [2.45, 2.75) is 43.9 Å². The van der Waals surface area contributed by atoms with Gasteiger partial charge in [0.15, 0.2) is 9.84 Å². The first-order chi connectivity index (χ1) is 15.0. The van der Waals surface area contributed by atoms with Crippen molar-refractivity contribution in [3.8, 4) is 23.7 Å². The smallest absolute Gasteiger partial charge is 0.267 e. The first-order valence-electron chi connectivity index (χ1n) is 10.2. The van der Waals surface area contributed by atoms with Crippen LogP contribution in [0.5, 0.6) is 0 Å². The molecule has 1 fully saturated rings. The second-order valence-electron chi connectivity index (χ2n) is 8.41. The van der Waals surface area contributed by atoms with Crippen molar-refractivity contribution in [3.63, 3.8) is 0 Å². The van der Waals surface area contributed by atoms with Crippen LogP contribution in [0.2, 0.25) is 0 Å². The Kier molecular flexibility index (Phi) is 8.45. The van der Waals surface area contributed by atoms with E-state index in [4.69, 9.17) is 10.3 Å². The minimum Gasteiger partial charge on any atom is -0.396 e. The molecule has 1 aliphatic rings. The van der Waals surface area contributed by atoms with E-state index in [9.17, 15) is 18.0 Å². The predicted molar refractivity (Wildman–Crippen MR) is 119 cm³/mol. The van der Waals surface area contributed by atoms with Gasteiger partial charge in [0, 0.05) is 29.9 Å². The number of hydroxylamine groups is 1. The fraction of sp³-hybridized carbons (Fsp3) is 0.478. The van der Waals surface area contributed by atoms with E-state index in [-0.39, 0.29) is 18.1 Å². The molecule has 172 valence electrons. The molecule has 8 nitrogen and oxygen atoms in total. The van der Waals surface area contributed by atoms with Crippen molar-refractivity contribution in [2.24, 2.45) is 11.8 Å². The fourth-order valence-corrected chi connectivity index (χ4v) is 3.96. The zero-order chi connectivity index (χ0) is 23.9. The van der Waals surface area contributed by atoms with Gasteiger partial charge in [0.25, 0.3) is 11.8 Å². The van der Waals surface area contributed by atoms with Gasteiger partial charge in [-0.3, -0.25) is 14.8 Å². The highest BCUT2D eigenvalue weighted by molar-refractivity contribution is 7.92. The first kappa shape index (κ1) is 25.4. The van der Waals surface area contributed by atoms with Gasteiger partial charge in [-0.25, -0.2) is 13.9 Å². The summed E-state index contributed by atoms with van der Waals surface area (Å²) in [5, 5.41) is 20.5. The number of carbonyl (C=O) groups excluding carboxylic acids is 2. The predicted octanol–water partition coefficient (Wildman–Crippen LogP) is 0.877. The van der Waals surface area contributed by atoms with Gasteiger partial charge < -0.3 is 10.4 Å². The quantitative estimate of drug-likeness (QED) is 0.283. The largest absolute Gasteiger partial charge is 0.396 e. The summed E-state index contributed by atoms with van der Waals surface area (Å²) >= 11 is 0. The van der Waals surface area contributed by atoms with Crippen LogP contribution in [0.1, 0.15) is 49.0 Å². The number of hydrogen-bond donors (Lipinski definition) is 4. The molecule has 1 aliphatic carbocycles. The van der Waals surface area contributed by atoms with E-state index in [2.05, 4.69) is 29.0 Å². The van der Waals surface area contributed by atoms with Crippen molar-refractivity contribution < 1.29 is 28.3 Å². The van der Waals surface area contributed by atoms with Gasteiger partial charge in [0.1, 0.15) is 6.04 Å². The Balaban J connectivity index is 2.08. The van der Waals surface area contributed by atoms with Crippen LogP contribution in [-0.2, 0) is 14.6 Å². The average molecular weight is 461 g/mol. The Morgan fingerprint density at radius 1 is 1.19 bits per heavy atom. The number of aliphatic hydroxyl groups is 1. The third-order valence-electron chi connectivity index (χ3n) is 5.79. The maximum Gasteiger partial charge on any atom is 0.267 e. The van der Waals surface area contributed by atoms with Gasteiger partial charge in [0.05, 0.1) is 4.75 Å². The highest BCUT2D eigenvalue weighted by Gasteiger charge is 2.44. The van der Waals surface area contributed by atoms with Gasteiger partial charge >= 0.3 is 0 Å². The molecule has 2 amide bonds. The second kappa shape index (κ2) is 10.6. The van der Waals surface area contributed by atoms with Crippen LogP contribution < -0.4 is 10.8 Å². The van der Waals surface area contributed by atoms with Crippen LogP contribution in [-0.4, -0.2) is 54.2 Å². The van der Waals surface area contributed by atoms with Crippen LogP contribution >= 0.6 is 0 Å². The number of rotatable bonds is 6. The Morgan fingerprint density at radius 3 is 2.38 bits per heavy atom. The normalized spacial score (nSPS) is 19.0. The number of amides is 2. The molecule has 0 radical (unpaired) electrons. The van der Waals surface area contributed by atoms with E-state index < -0.39 is 32.4 Å². The van der Waals surface area contributed by atoms with Crippen molar-refractivity contribution in [3.05, 3.63) is 35.4 Å². The van der Waals surface area contributed by atoms with E-state index in [0.29, 0.717) is 11.5 Å². The number of nitrogens with one attached hydrogen (secondary N) is 2. The minimum atomic E-state index is -3.75. The molecule has 9 heteroatoms. The molecule has 1 saturated carbocycles. The summed E-state index contributed by atoms with van der Waals surface area (Å²) in [7, 11) is -3.75. The van der Waals surface area contributed by atoms with Gasteiger partial charge in [-0.15, -0.1) is 0 Å². The summed E-state index contributed by atoms with van der Waals surface area (Å²) < 4.78 is 22.5. The number of benzene rings is 1. The monoisotopic (exact) mass is 460 g/mol. The van der Waals surface area contributed by atoms with Crippen LogP contribution in [0.4, 0.5) is 0 Å². The van der Waals surface area contributed by atoms with Crippen molar-refractivity contribution >= 4 is 21.7 Å². The lowest BCUT2D eigenvalue weighted by Crippen LogP contribution is -2.60. The third-order valence-corrected chi connectivity index (χ3v) is 7.94. The number of sulfone groups is 1. The first-order valence-corrected chi connectivity index (χ1v) is 12.1. The summed E-state index contributed by atoms with van der Waals surface area (Å²) in [6.07, 6.45) is 3.79. The van der Waals surface area contributed by atoms with Crippen molar-refractivity contribution in [1.82, 2.24) is 10.8 Å². The standard InChI is InChI=1S/C23H28N2O6S/c1-23(2,32(3,30)31)20(22(28)25-29)24-21(27)19-12-10-16(11-13-19)6-4-5-7-17-8-9-18(14-17)15-26/h10-13,17-18,20,26,29H,8-9,14-15H2,1-3H3,(H,24,27)(H,25,28). The molecule has 2 rings (SSSR count). The molecule has 0 bridgehead atoms. The molecule has 3 atom stereocenters. The Hall–Kier alpha value is -2.85. The van der Waals surface area contributed by atoms with Crippen LogP contribution in [0.25, 0.3) is 0 Å². The van der Waals surface area contributed by atoms with Crippen molar-refractivity contribution in [2.75, 3.05) is 12.9 Å². The molecule has 1 aromatic carbocycles. The second-order valence-corrected chi connectivity index (χ2v) is 11.0. The lowest BCUT2D eigenvalue weighted by molar-refractivity contribution is -0.131. The highest BCUT2D eigenvalue weighted by Crippen LogP contribution is 2.29. The molecule has 0 aliphatic heterocycles. The topological polar surface area (TPSA) is 133 Å². The lowest BCUT2D eigenvalue weighted by atomic mass is 10.0. The van der Waals surface area contributed by atoms with Crippen molar-refractivity contribution in [1.29, 1.82) is 0 Å². The zero-order valence-electron chi connectivity index (χ0n) is 18.3. The number of hydrogen-bond acceptors (Lipinski definition) is 6. The molecule has 0 heterocycles. The van der Waals surface area contributed by atoms with Gasteiger partial charge in [-0.1, -0.05) is 11.8 Å². The summed E-state index contributed by atoms with van der Waals surface area (Å²) in [4.78, 5) is 24.6. The maximum absolute atomic E-state index is 12.6. The minimum absolute atomic E-state index is 0.195. The molecule has 0 spiro atoms. The van der Waals surface area contributed by atoms with Crippen LogP contribution in [0, 0.1) is 35.5 Å². The van der Waals surface area contributed by atoms with E-state index in [0.717, 1.165) is 25.5 Å². The summed E-state index contributed by atoms with van der Waals surface area (Å²) in [6.45, 7) is 2.77. The Bertz CT molecular complexity index is 1070. The van der Waals surface area contributed by atoms with Gasteiger partial charge in [0.2, 0.25) is 0 Å². The fourth-order valence-electron chi connectivity index (χ4n) is 3.37. The summed E-state index contributed by atoms with van der Waals surface area (Å²) in [5.41, 5.74) is 2.23. The number of carbonyl (C=O) groups is 2. The van der Waals surface area contributed by atoms with Crippen LogP contribution in [0.15, 0.2) is 24.3 Å².